The molecule has 3 rings (SSSR count). The molecule has 108 valence electrons. The molecule has 0 aromatic heterocycles. The van der Waals surface area contributed by atoms with Gasteiger partial charge in [0.2, 0.25) is 5.91 Å². The Morgan fingerprint density at radius 2 is 1.95 bits per heavy atom. The van der Waals surface area contributed by atoms with E-state index in [1.54, 1.807) is 0 Å². The van der Waals surface area contributed by atoms with Gasteiger partial charge in [0.05, 0.1) is 6.04 Å². The van der Waals surface area contributed by atoms with E-state index in [0.717, 1.165) is 6.42 Å². The lowest BCUT2D eigenvalue weighted by Gasteiger charge is -2.33. The molecule has 2 fully saturated rings. The molecular weight excluding hydrogens is 248 g/mol. The summed E-state index contributed by atoms with van der Waals surface area (Å²) in [5.41, 5.74) is 2.49. The fraction of sp³-hybridized carbons (Fsp3) is 0.588. The van der Waals surface area contributed by atoms with Crippen molar-refractivity contribution >= 4 is 5.91 Å². The summed E-state index contributed by atoms with van der Waals surface area (Å²) in [4.78, 5) is 14.7. The van der Waals surface area contributed by atoms with Crippen molar-refractivity contribution < 1.29 is 4.79 Å². The summed E-state index contributed by atoms with van der Waals surface area (Å²) in [7, 11) is 0. The largest absolute Gasteiger partial charge is 0.318 e. The molecule has 20 heavy (non-hydrogen) atoms. The standard InChI is InChI=1S/C17H24N2O/c1-11-7-4-5-9-14(11)16-18-13(3)17(20)19(16)15-10-6-8-12(15)2/h4-5,7,9,12-13,15-16,18H,6,8,10H2,1-3H3. The van der Waals surface area contributed by atoms with Crippen molar-refractivity contribution in [2.24, 2.45) is 5.92 Å². The number of benzene rings is 1. The van der Waals surface area contributed by atoms with Gasteiger partial charge in [-0.05, 0) is 43.7 Å². The topological polar surface area (TPSA) is 32.3 Å². The van der Waals surface area contributed by atoms with Crippen LogP contribution in [0.2, 0.25) is 0 Å². The maximum absolute atomic E-state index is 12.6. The summed E-state index contributed by atoms with van der Waals surface area (Å²) in [6, 6.07) is 8.71. The summed E-state index contributed by atoms with van der Waals surface area (Å²) < 4.78 is 0. The van der Waals surface area contributed by atoms with E-state index < -0.39 is 0 Å². The van der Waals surface area contributed by atoms with Gasteiger partial charge in [-0.15, -0.1) is 0 Å². The Morgan fingerprint density at radius 3 is 2.60 bits per heavy atom. The summed E-state index contributed by atoms with van der Waals surface area (Å²) in [6.45, 7) is 6.39. The molecule has 0 radical (unpaired) electrons. The van der Waals surface area contributed by atoms with E-state index in [1.165, 1.54) is 24.0 Å². The fourth-order valence-electron chi connectivity index (χ4n) is 3.77. The molecule has 1 aromatic carbocycles. The van der Waals surface area contributed by atoms with Crippen molar-refractivity contribution in [1.29, 1.82) is 0 Å². The first-order chi connectivity index (χ1) is 9.59. The zero-order valence-corrected chi connectivity index (χ0v) is 12.6. The fourth-order valence-corrected chi connectivity index (χ4v) is 3.77. The molecule has 1 aromatic rings. The van der Waals surface area contributed by atoms with E-state index in [9.17, 15) is 4.79 Å². The third-order valence-corrected chi connectivity index (χ3v) is 4.97. The molecule has 4 atom stereocenters. The minimum Gasteiger partial charge on any atom is -0.318 e. The molecule has 0 spiro atoms. The number of carbonyl (C=O) groups is 1. The lowest BCUT2D eigenvalue weighted by molar-refractivity contribution is -0.132. The van der Waals surface area contributed by atoms with Crippen LogP contribution in [-0.2, 0) is 4.79 Å². The van der Waals surface area contributed by atoms with Crippen LogP contribution in [0, 0.1) is 12.8 Å². The predicted octanol–water partition coefficient (Wildman–Crippen LogP) is 3.00. The van der Waals surface area contributed by atoms with Crippen LogP contribution in [0.4, 0.5) is 0 Å². The molecule has 1 N–H and O–H groups in total. The smallest absolute Gasteiger partial charge is 0.241 e. The van der Waals surface area contributed by atoms with E-state index in [-0.39, 0.29) is 18.1 Å². The molecule has 1 saturated heterocycles. The molecule has 3 heteroatoms. The number of nitrogens with one attached hydrogen (secondary N) is 1. The van der Waals surface area contributed by atoms with Gasteiger partial charge in [-0.3, -0.25) is 10.1 Å². The van der Waals surface area contributed by atoms with E-state index in [4.69, 9.17) is 0 Å². The maximum Gasteiger partial charge on any atom is 0.241 e. The van der Waals surface area contributed by atoms with Crippen LogP contribution in [0.25, 0.3) is 0 Å². The number of aryl methyl sites for hydroxylation is 1. The van der Waals surface area contributed by atoms with Gasteiger partial charge in [0.25, 0.3) is 0 Å². The van der Waals surface area contributed by atoms with Gasteiger partial charge in [-0.2, -0.15) is 0 Å². The lowest BCUT2D eigenvalue weighted by Crippen LogP contribution is -2.41. The highest BCUT2D eigenvalue weighted by Gasteiger charge is 2.44. The van der Waals surface area contributed by atoms with Gasteiger partial charge in [0, 0.05) is 6.04 Å². The highest BCUT2D eigenvalue weighted by Crippen LogP contribution is 2.37. The number of amides is 1. The Labute approximate surface area is 121 Å². The Morgan fingerprint density at radius 1 is 1.20 bits per heavy atom. The van der Waals surface area contributed by atoms with E-state index >= 15 is 0 Å². The first kappa shape index (κ1) is 13.6. The van der Waals surface area contributed by atoms with Crippen LogP contribution in [0.15, 0.2) is 24.3 Å². The Bertz CT molecular complexity index is 513. The van der Waals surface area contributed by atoms with Gasteiger partial charge in [0.15, 0.2) is 0 Å². The van der Waals surface area contributed by atoms with Gasteiger partial charge in [0.1, 0.15) is 6.17 Å². The SMILES string of the molecule is Cc1ccccc1C1NC(C)C(=O)N1C1CCCC1C. The van der Waals surface area contributed by atoms with Crippen LogP contribution >= 0.6 is 0 Å². The van der Waals surface area contributed by atoms with Crippen molar-refractivity contribution in [3.8, 4) is 0 Å². The highest BCUT2D eigenvalue weighted by atomic mass is 16.2. The highest BCUT2D eigenvalue weighted by molar-refractivity contribution is 5.84. The van der Waals surface area contributed by atoms with Gasteiger partial charge in [-0.25, -0.2) is 0 Å². The zero-order chi connectivity index (χ0) is 14.3. The second-order valence-corrected chi connectivity index (χ2v) is 6.37. The minimum absolute atomic E-state index is 0.0456. The number of hydrogen-bond acceptors (Lipinski definition) is 2. The molecule has 1 heterocycles. The Balaban J connectivity index is 1.96. The normalized spacial score (nSPS) is 34.0. The van der Waals surface area contributed by atoms with E-state index in [0.29, 0.717) is 12.0 Å². The van der Waals surface area contributed by atoms with Crippen molar-refractivity contribution in [3.63, 3.8) is 0 Å². The second kappa shape index (κ2) is 5.21. The van der Waals surface area contributed by atoms with Gasteiger partial charge >= 0.3 is 0 Å². The average Bonchev–Trinajstić information content (AvgIpc) is 2.95. The summed E-state index contributed by atoms with van der Waals surface area (Å²) >= 11 is 0. The third-order valence-electron chi connectivity index (χ3n) is 4.97. The first-order valence-electron chi connectivity index (χ1n) is 7.73. The number of carbonyl (C=O) groups excluding carboxylic acids is 1. The van der Waals surface area contributed by atoms with Crippen molar-refractivity contribution in [2.75, 3.05) is 0 Å². The van der Waals surface area contributed by atoms with E-state index in [1.807, 2.05) is 6.92 Å². The van der Waals surface area contributed by atoms with Crippen molar-refractivity contribution in [2.45, 2.75) is 58.3 Å². The molecule has 4 unspecified atom stereocenters. The molecule has 2 aliphatic rings. The molecule has 0 bridgehead atoms. The van der Waals surface area contributed by atoms with Crippen LogP contribution in [-0.4, -0.2) is 22.9 Å². The van der Waals surface area contributed by atoms with E-state index in [2.05, 4.69) is 48.3 Å². The van der Waals surface area contributed by atoms with Gasteiger partial charge in [-0.1, -0.05) is 37.6 Å². The first-order valence-corrected chi connectivity index (χ1v) is 7.73. The van der Waals surface area contributed by atoms with Crippen LogP contribution < -0.4 is 5.32 Å². The Kier molecular flexibility index (Phi) is 3.55. The molecule has 1 aliphatic carbocycles. The quantitative estimate of drug-likeness (QED) is 0.897. The third kappa shape index (κ3) is 2.14. The molecule has 3 nitrogen and oxygen atoms in total. The number of nitrogens with zero attached hydrogens (tertiary/aromatic N) is 1. The van der Waals surface area contributed by atoms with Crippen molar-refractivity contribution in [1.82, 2.24) is 10.2 Å². The van der Waals surface area contributed by atoms with Crippen LogP contribution in [0.5, 0.6) is 0 Å². The molecule has 1 saturated carbocycles. The second-order valence-electron chi connectivity index (χ2n) is 6.37. The van der Waals surface area contributed by atoms with Crippen LogP contribution in [0.3, 0.4) is 0 Å². The molecule has 1 amide bonds. The van der Waals surface area contributed by atoms with Crippen LogP contribution in [0.1, 0.15) is 50.4 Å². The lowest BCUT2D eigenvalue weighted by atomic mass is 10.0. The number of hydrogen-bond donors (Lipinski definition) is 1. The molecular formula is C17H24N2O. The summed E-state index contributed by atoms with van der Waals surface area (Å²) in [6.07, 6.45) is 3.67. The van der Waals surface area contributed by atoms with Crippen molar-refractivity contribution in [3.05, 3.63) is 35.4 Å². The molecule has 1 aliphatic heterocycles. The minimum atomic E-state index is -0.0765. The zero-order valence-electron chi connectivity index (χ0n) is 12.6. The summed E-state index contributed by atoms with van der Waals surface area (Å²) in [5, 5.41) is 3.48. The maximum atomic E-state index is 12.6. The summed E-state index contributed by atoms with van der Waals surface area (Å²) in [5.74, 6) is 0.870. The monoisotopic (exact) mass is 272 g/mol. The van der Waals surface area contributed by atoms with Gasteiger partial charge < -0.3 is 4.90 Å². The average molecular weight is 272 g/mol. The predicted molar refractivity (Wildman–Crippen MR) is 80.2 cm³/mol. The number of rotatable bonds is 2. The Hall–Kier alpha value is -1.35.